The van der Waals surface area contributed by atoms with E-state index in [4.69, 9.17) is 28.2 Å². The molecule has 11 heteroatoms. The lowest BCUT2D eigenvalue weighted by molar-refractivity contribution is -0.123. The van der Waals surface area contributed by atoms with E-state index in [0.717, 1.165) is 71.1 Å². The fourth-order valence-corrected chi connectivity index (χ4v) is 7.94. The third-order valence-electron chi connectivity index (χ3n) is 10.6. The van der Waals surface area contributed by atoms with Crippen LogP contribution in [0.2, 0.25) is 10.0 Å². The Morgan fingerprint density at radius 1 is 0.981 bits per heavy atom. The Balaban J connectivity index is 1.25. The summed E-state index contributed by atoms with van der Waals surface area (Å²) in [6, 6.07) is 27.1. The first-order chi connectivity index (χ1) is 26.2. The smallest absolute Gasteiger partial charge is 0.272 e. The first-order valence-electron chi connectivity index (χ1n) is 18.5. The van der Waals surface area contributed by atoms with E-state index in [1.165, 1.54) is 0 Å². The van der Waals surface area contributed by atoms with Crippen LogP contribution in [0.4, 0.5) is 11.5 Å². The van der Waals surface area contributed by atoms with Gasteiger partial charge in [0, 0.05) is 51.8 Å². The Kier molecular flexibility index (Phi) is 11.4. The number of aromatic nitrogens is 2. The van der Waals surface area contributed by atoms with Gasteiger partial charge < -0.3 is 30.7 Å². The number of hydrogen-bond acceptors (Lipinski definition) is 6. The van der Waals surface area contributed by atoms with Crippen LogP contribution in [0.25, 0.3) is 22.2 Å². The topological polar surface area (TPSA) is 105 Å². The third kappa shape index (κ3) is 7.89. The minimum Gasteiger partial charge on any atom is -0.355 e. The van der Waals surface area contributed by atoms with Crippen LogP contribution in [0.1, 0.15) is 72.8 Å². The first kappa shape index (κ1) is 37.2. The van der Waals surface area contributed by atoms with Crippen molar-refractivity contribution < 1.29 is 9.59 Å². The summed E-state index contributed by atoms with van der Waals surface area (Å²) in [6.45, 7) is 10.7. The van der Waals surface area contributed by atoms with Gasteiger partial charge in [0.05, 0.1) is 23.5 Å². The molecule has 7 rings (SSSR count). The minimum absolute atomic E-state index is 0.0839. The van der Waals surface area contributed by atoms with Gasteiger partial charge in [-0.25, -0.2) is 4.98 Å². The average molecular weight is 763 g/mol. The van der Waals surface area contributed by atoms with E-state index in [-0.39, 0.29) is 29.9 Å². The Labute approximate surface area is 326 Å². The molecule has 3 aromatic carbocycles. The highest BCUT2D eigenvalue weighted by Gasteiger charge is 2.31. The Hall–Kier alpha value is -5.09. The van der Waals surface area contributed by atoms with Crippen LogP contribution < -0.4 is 20.9 Å². The van der Waals surface area contributed by atoms with Crippen LogP contribution in [-0.2, 0) is 4.79 Å². The van der Waals surface area contributed by atoms with E-state index in [1.807, 2.05) is 79.0 Å². The van der Waals surface area contributed by atoms with Crippen molar-refractivity contribution in [2.45, 2.75) is 57.7 Å². The lowest BCUT2D eigenvalue weighted by Crippen LogP contribution is -2.49. The van der Waals surface area contributed by atoms with Gasteiger partial charge in [0.2, 0.25) is 5.91 Å². The number of fused-ring (bicyclic) bond motifs is 1. The number of carbonyl (C=O) groups is 2. The van der Waals surface area contributed by atoms with Crippen LogP contribution in [0.15, 0.2) is 104 Å². The van der Waals surface area contributed by atoms with Crippen molar-refractivity contribution in [3.8, 4) is 0 Å². The highest BCUT2D eigenvalue weighted by Crippen LogP contribution is 2.41. The van der Waals surface area contributed by atoms with Crippen LogP contribution >= 0.6 is 23.2 Å². The number of piperidine rings is 1. The number of anilines is 2. The number of allylic oxidation sites excluding steroid dienone is 1. The van der Waals surface area contributed by atoms with Crippen LogP contribution in [0.3, 0.4) is 0 Å². The van der Waals surface area contributed by atoms with E-state index in [1.54, 1.807) is 6.20 Å². The molecule has 4 N–H and O–H groups in total. The van der Waals surface area contributed by atoms with Crippen LogP contribution in [0.5, 0.6) is 0 Å². The van der Waals surface area contributed by atoms with Gasteiger partial charge in [-0.1, -0.05) is 78.3 Å². The highest BCUT2D eigenvalue weighted by molar-refractivity contribution is 6.31. The van der Waals surface area contributed by atoms with Gasteiger partial charge >= 0.3 is 0 Å². The summed E-state index contributed by atoms with van der Waals surface area (Å²) >= 11 is 12.8. The molecule has 0 aliphatic carbocycles. The summed E-state index contributed by atoms with van der Waals surface area (Å²) < 4.78 is 0. The molecule has 4 heterocycles. The predicted octanol–water partition coefficient (Wildman–Crippen LogP) is 9.05. The number of nitrogens with one attached hydrogen (secondary N) is 4. The number of hydrogen-bond donors (Lipinski definition) is 4. The zero-order chi connectivity index (χ0) is 37.8. The summed E-state index contributed by atoms with van der Waals surface area (Å²) in [6.07, 6.45) is 7.02. The van der Waals surface area contributed by atoms with Crippen molar-refractivity contribution in [3.05, 3.63) is 136 Å². The quantitative estimate of drug-likeness (QED) is 0.107. The minimum atomic E-state index is -0.320. The van der Waals surface area contributed by atoms with Crippen molar-refractivity contribution in [1.82, 2.24) is 25.5 Å². The number of carbonyl (C=O) groups excluding carboxylic acids is 2. The molecule has 2 fully saturated rings. The molecule has 278 valence electrons. The van der Waals surface area contributed by atoms with Crippen molar-refractivity contribution in [3.63, 3.8) is 0 Å². The normalized spacial score (nSPS) is 17.2. The number of pyridine rings is 1. The van der Waals surface area contributed by atoms with Crippen molar-refractivity contribution in [2.75, 3.05) is 29.9 Å². The van der Waals surface area contributed by atoms with Gasteiger partial charge in [-0.2, -0.15) is 0 Å². The summed E-state index contributed by atoms with van der Waals surface area (Å²) in [5.74, 6) is 0.453. The molecule has 54 heavy (non-hydrogen) atoms. The number of amides is 2. The zero-order valence-electron chi connectivity index (χ0n) is 30.5. The average Bonchev–Trinajstić information content (AvgIpc) is 3.87. The van der Waals surface area contributed by atoms with Gasteiger partial charge in [0.15, 0.2) is 5.82 Å². The SMILES string of the molecule is C=CN(/C(=C(\C)c1ccccc1)c1c(C(=O)Nc2cccnc2N2CCC(NC(=O)[C@@H]3CCCN3)CC2)[nH]c2cc(Cl)ccc12)C(C)c1ccc(Cl)cc1. The summed E-state index contributed by atoms with van der Waals surface area (Å²) in [5, 5.41) is 11.8. The molecule has 0 spiro atoms. The standard InChI is InChI=1S/C43H45Cl2N7O2/c1-4-52(28(3)30-14-16-31(44)17-15-30)40(27(2)29-10-6-5-7-11-29)38-34-19-18-32(45)26-37(34)49-39(38)43(54)50-35-12-8-23-47-41(35)51-24-20-33(21-25-51)48-42(53)36-13-9-22-46-36/h4-8,10-12,14-19,23,26,28,33,36,46,49H,1,9,13,20-22,24-25H2,2-3H3,(H,48,53)(H,50,54)/b40-27+/t28?,36-/m0/s1. The van der Waals surface area contributed by atoms with E-state index in [0.29, 0.717) is 40.3 Å². The fraction of sp³-hybridized carbons (Fsp3) is 0.279. The molecule has 1 unspecified atom stereocenters. The molecule has 2 aromatic heterocycles. The molecule has 2 atom stereocenters. The number of nitrogens with zero attached hydrogens (tertiary/aromatic N) is 3. The van der Waals surface area contributed by atoms with Gasteiger partial charge in [-0.05, 0) is 105 Å². The molecule has 2 aliphatic heterocycles. The zero-order valence-corrected chi connectivity index (χ0v) is 32.1. The Bertz CT molecular complexity index is 2170. The Morgan fingerprint density at radius 3 is 2.43 bits per heavy atom. The van der Waals surface area contributed by atoms with Gasteiger partial charge in [0.25, 0.3) is 5.91 Å². The van der Waals surface area contributed by atoms with E-state index >= 15 is 0 Å². The maximum absolute atomic E-state index is 14.7. The molecular weight excluding hydrogens is 717 g/mol. The molecule has 0 saturated carbocycles. The van der Waals surface area contributed by atoms with E-state index < -0.39 is 0 Å². The molecule has 0 bridgehead atoms. The second kappa shape index (κ2) is 16.5. The molecule has 2 aliphatic rings. The first-order valence-corrected chi connectivity index (χ1v) is 19.3. The van der Waals surface area contributed by atoms with Gasteiger partial charge in [0.1, 0.15) is 5.69 Å². The number of benzene rings is 3. The second-order valence-electron chi connectivity index (χ2n) is 14.0. The van der Waals surface area contributed by atoms with Crippen molar-refractivity contribution >= 4 is 68.7 Å². The third-order valence-corrected chi connectivity index (χ3v) is 11.1. The summed E-state index contributed by atoms with van der Waals surface area (Å²) in [4.78, 5) is 39.9. The molecule has 9 nitrogen and oxygen atoms in total. The second-order valence-corrected chi connectivity index (χ2v) is 14.8. The molecule has 0 radical (unpaired) electrons. The highest BCUT2D eigenvalue weighted by atomic mass is 35.5. The van der Waals surface area contributed by atoms with Crippen LogP contribution in [-0.4, -0.2) is 58.4 Å². The predicted molar refractivity (Wildman–Crippen MR) is 221 cm³/mol. The maximum Gasteiger partial charge on any atom is 0.272 e. The largest absolute Gasteiger partial charge is 0.355 e. The van der Waals surface area contributed by atoms with Crippen molar-refractivity contribution in [2.24, 2.45) is 0 Å². The van der Waals surface area contributed by atoms with E-state index in [9.17, 15) is 9.59 Å². The van der Waals surface area contributed by atoms with Gasteiger partial charge in [-0.3, -0.25) is 9.59 Å². The molecular formula is C43H45Cl2N7O2. The number of rotatable bonds is 11. The summed E-state index contributed by atoms with van der Waals surface area (Å²) in [5.41, 5.74) is 6.25. The fourth-order valence-electron chi connectivity index (χ4n) is 7.64. The van der Waals surface area contributed by atoms with Crippen LogP contribution in [0, 0.1) is 0 Å². The lowest BCUT2D eigenvalue weighted by atomic mass is 9.95. The summed E-state index contributed by atoms with van der Waals surface area (Å²) in [7, 11) is 0. The maximum atomic E-state index is 14.7. The molecule has 2 amide bonds. The molecule has 5 aromatic rings. The van der Waals surface area contributed by atoms with Gasteiger partial charge in [-0.15, -0.1) is 0 Å². The lowest BCUT2D eigenvalue weighted by Gasteiger charge is -2.34. The number of aromatic amines is 1. The number of H-pyrrole nitrogens is 1. The molecule has 2 saturated heterocycles. The van der Waals surface area contributed by atoms with Crippen molar-refractivity contribution in [1.29, 1.82) is 0 Å². The number of halogens is 2. The monoisotopic (exact) mass is 761 g/mol. The van der Waals surface area contributed by atoms with E-state index in [2.05, 4.69) is 63.3 Å². The Morgan fingerprint density at radius 2 is 1.72 bits per heavy atom.